The first kappa shape index (κ1) is 14.8. The molecule has 0 fully saturated rings. The molecule has 1 N–H and O–H groups in total. The monoisotopic (exact) mass is 273 g/mol. The van der Waals surface area contributed by atoms with Crippen LogP contribution in [0.4, 0.5) is 0 Å². The molecule has 0 aliphatic heterocycles. The molecule has 0 aromatic heterocycles. The fourth-order valence-electron chi connectivity index (χ4n) is 1.86. The topological polar surface area (TPSA) is 12.0 Å². The molecular formula is C14H21Cl2N. The molecule has 0 amide bonds. The zero-order valence-electron chi connectivity index (χ0n) is 10.8. The van der Waals surface area contributed by atoms with Crippen LogP contribution in [0.3, 0.4) is 0 Å². The van der Waals surface area contributed by atoms with Gasteiger partial charge in [0.2, 0.25) is 0 Å². The summed E-state index contributed by atoms with van der Waals surface area (Å²) < 4.78 is 0. The Morgan fingerprint density at radius 2 is 1.94 bits per heavy atom. The van der Waals surface area contributed by atoms with Crippen molar-refractivity contribution < 1.29 is 0 Å². The second-order valence-corrected chi connectivity index (χ2v) is 5.70. The summed E-state index contributed by atoms with van der Waals surface area (Å²) in [7, 11) is 0. The zero-order valence-corrected chi connectivity index (χ0v) is 12.3. The highest BCUT2D eigenvalue weighted by molar-refractivity contribution is 6.35. The number of hydrogen-bond acceptors (Lipinski definition) is 1. The molecule has 0 spiro atoms. The highest BCUT2D eigenvalue weighted by atomic mass is 35.5. The van der Waals surface area contributed by atoms with Gasteiger partial charge < -0.3 is 5.32 Å². The second-order valence-electron chi connectivity index (χ2n) is 4.86. The van der Waals surface area contributed by atoms with Crippen molar-refractivity contribution in [1.82, 2.24) is 5.32 Å². The van der Waals surface area contributed by atoms with E-state index in [4.69, 9.17) is 23.2 Å². The predicted octanol–water partition coefficient (Wildman–Crippen LogP) is 4.56. The van der Waals surface area contributed by atoms with Gasteiger partial charge in [-0.1, -0.05) is 50.0 Å². The van der Waals surface area contributed by atoms with Gasteiger partial charge in [-0.2, -0.15) is 0 Å². The summed E-state index contributed by atoms with van der Waals surface area (Å²) in [6.07, 6.45) is 2.10. The van der Waals surface area contributed by atoms with E-state index >= 15 is 0 Å². The molecule has 1 aromatic rings. The van der Waals surface area contributed by atoms with Crippen molar-refractivity contribution in [3.63, 3.8) is 0 Å². The van der Waals surface area contributed by atoms with E-state index in [0.29, 0.717) is 5.02 Å². The normalized spacial score (nSPS) is 14.6. The Bertz CT molecular complexity index is 365. The summed E-state index contributed by atoms with van der Waals surface area (Å²) in [5, 5.41) is 4.89. The molecule has 1 atom stereocenters. The van der Waals surface area contributed by atoms with Crippen LogP contribution in [0.5, 0.6) is 0 Å². The summed E-state index contributed by atoms with van der Waals surface area (Å²) in [5.74, 6) is 0. The highest BCUT2D eigenvalue weighted by Gasteiger charge is 2.23. The van der Waals surface area contributed by atoms with E-state index in [-0.39, 0.29) is 5.41 Å². The average molecular weight is 274 g/mol. The first-order valence-electron chi connectivity index (χ1n) is 6.15. The van der Waals surface area contributed by atoms with E-state index in [2.05, 4.69) is 26.1 Å². The number of benzene rings is 1. The third-order valence-electron chi connectivity index (χ3n) is 3.29. The summed E-state index contributed by atoms with van der Waals surface area (Å²) in [4.78, 5) is 0. The van der Waals surface area contributed by atoms with Crippen molar-refractivity contribution in [3.05, 3.63) is 33.8 Å². The van der Waals surface area contributed by atoms with Crippen LogP contribution in [0.15, 0.2) is 18.2 Å². The Labute approximate surface area is 115 Å². The Hall–Kier alpha value is -0.240. The highest BCUT2D eigenvalue weighted by Crippen LogP contribution is 2.30. The van der Waals surface area contributed by atoms with Crippen LogP contribution in [-0.2, 0) is 6.42 Å². The SMILES string of the molecule is CCNCC(C)(CC)Cc1ccc(Cl)cc1Cl. The smallest absolute Gasteiger partial charge is 0.0453 e. The van der Waals surface area contributed by atoms with Gasteiger partial charge in [0.25, 0.3) is 0 Å². The maximum absolute atomic E-state index is 6.22. The lowest BCUT2D eigenvalue weighted by atomic mass is 9.81. The van der Waals surface area contributed by atoms with Crippen LogP contribution >= 0.6 is 23.2 Å². The van der Waals surface area contributed by atoms with Gasteiger partial charge in [-0.15, -0.1) is 0 Å². The lowest BCUT2D eigenvalue weighted by Crippen LogP contribution is -2.33. The van der Waals surface area contributed by atoms with Crippen LogP contribution in [-0.4, -0.2) is 13.1 Å². The van der Waals surface area contributed by atoms with Gasteiger partial charge in [-0.3, -0.25) is 0 Å². The van der Waals surface area contributed by atoms with Crippen molar-refractivity contribution in [1.29, 1.82) is 0 Å². The lowest BCUT2D eigenvalue weighted by molar-refractivity contribution is 0.293. The molecule has 96 valence electrons. The van der Waals surface area contributed by atoms with Gasteiger partial charge in [-0.05, 0) is 42.5 Å². The van der Waals surface area contributed by atoms with Crippen molar-refractivity contribution >= 4 is 23.2 Å². The fraction of sp³-hybridized carbons (Fsp3) is 0.571. The summed E-state index contributed by atoms with van der Waals surface area (Å²) >= 11 is 12.1. The summed E-state index contributed by atoms with van der Waals surface area (Å²) in [6, 6.07) is 5.76. The molecule has 1 nitrogen and oxygen atoms in total. The maximum Gasteiger partial charge on any atom is 0.0453 e. The van der Waals surface area contributed by atoms with E-state index in [0.717, 1.165) is 31.0 Å². The Balaban J connectivity index is 2.79. The maximum atomic E-state index is 6.22. The first-order chi connectivity index (χ1) is 8.00. The van der Waals surface area contributed by atoms with Gasteiger partial charge in [0.1, 0.15) is 0 Å². The van der Waals surface area contributed by atoms with Crippen molar-refractivity contribution in [2.45, 2.75) is 33.6 Å². The number of halogens is 2. The predicted molar refractivity (Wildman–Crippen MR) is 77.1 cm³/mol. The quantitative estimate of drug-likeness (QED) is 0.801. The van der Waals surface area contributed by atoms with Crippen LogP contribution < -0.4 is 5.32 Å². The number of hydrogen-bond donors (Lipinski definition) is 1. The van der Waals surface area contributed by atoms with E-state index in [1.54, 1.807) is 0 Å². The fourth-order valence-corrected chi connectivity index (χ4v) is 2.34. The molecule has 1 rings (SSSR count). The van der Waals surface area contributed by atoms with Crippen LogP contribution in [0.25, 0.3) is 0 Å². The molecule has 0 aliphatic rings. The largest absolute Gasteiger partial charge is 0.316 e. The molecule has 0 heterocycles. The first-order valence-corrected chi connectivity index (χ1v) is 6.91. The molecule has 0 bridgehead atoms. The standard InChI is InChI=1S/C14H21Cl2N/c1-4-14(3,10-17-5-2)9-11-6-7-12(15)8-13(11)16/h6-8,17H,4-5,9-10H2,1-3H3. The minimum atomic E-state index is 0.244. The van der Waals surface area contributed by atoms with E-state index in [1.807, 2.05) is 18.2 Å². The van der Waals surface area contributed by atoms with Gasteiger partial charge in [0.15, 0.2) is 0 Å². The van der Waals surface area contributed by atoms with E-state index in [1.165, 1.54) is 5.56 Å². The van der Waals surface area contributed by atoms with Gasteiger partial charge in [0.05, 0.1) is 0 Å². The molecule has 1 aromatic carbocycles. The van der Waals surface area contributed by atoms with Gasteiger partial charge in [-0.25, -0.2) is 0 Å². The van der Waals surface area contributed by atoms with Crippen molar-refractivity contribution in [2.24, 2.45) is 5.41 Å². The third-order valence-corrected chi connectivity index (χ3v) is 3.87. The van der Waals surface area contributed by atoms with Gasteiger partial charge >= 0.3 is 0 Å². The van der Waals surface area contributed by atoms with Crippen molar-refractivity contribution in [2.75, 3.05) is 13.1 Å². The molecule has 3 heteroatoms. The Morgan fingerprint density at radius 1 is 1.24 bits per heavy atom. The Morgan fingerprint density at radius 3 is 2.47 bits per heavy atom. The summed E-state index contributed by atoms with van der Waals surface area (Å²) in [6.45, 7) is 8.66. The minimum absolute atomic E-state index is 0.244. The number of nitrogens with one attached hydrogen (secondary N) is 1. The molecule has 0 aliphatic carbocycles. The molecule has 0 saturated carbocycles. The summed E-state index contributed by atoms with van der Waals surface area (Å²) in [5.41, 5.74) is 1.42. The number of rotatable bonds is 6. The molecule has 17 heavy (non-hydrogen) atoms. The molecule has 0 saturated heterocycles. The molecule has 1 unspecified atom stereocenters. The van der Waals surface area contributed by atoms with E-state index < -0.39 is 0 Å². The molecule has 0 radical (unpaired) electrons. The van der Waals surface area contributed by atoms with Gasteiger partial charge in [0, 0.05) is 16.6 Å². The van der Waals surface area contributed by atoms with Crippen molar-refractivity contribution in [3.8, 4) is 0 Å². The second kappa shape index (κ2) is 6.63. The third kappa shape index (κ3) is 4.50. The minimum Gasteiger partial charge on any atom is -0.316 e. The van der Waals surface area contributed by atoms with Crippen LogP contribution in [0.2, 0.25) is 10.0 Å². The lowest BCUT2D eigenvalue weighted by Gasteiger charge is -2.29. The van der Waals surface area contributed by atoms with Crippen LogP contribution in [0.1, 0.15) is 32.8 Å². The van der Waals surface area contributed by atoms with Crippen LogP contribution in [0, 0.1) is 5.41 Å². The zero-order chi connectivity index (χ0) is 12.9. The average Bonchev–Trinajstić information content (AvgIpc) is 2.30. The van der Waals surface area contributed by atoms with E-state index in [9.17, 15) is 0 Å². The Kier molecular flexibility index (Phi) is 5.78. The molecular weight excluding hydrogens is 253 g/mol.